The maximum absolute atomic E-state index is 10.1. The highest BCUT2D eigenvalue weighted by Gasteiger charge is 2.30. The molecule has 0 spiro atoms. The van der Waals surface area contributed by atoms with Gasteiger partial charge in [-0.05, 0) is 0 Å². The molecule has 1 saturated heterocycles. The van der Waals surface area contributed by atoms with Crippen LogP contribution in [0.5, 0.6) is 0 Å². The van der Waals surface area contributed by atoms with Crippen LogP contribution in [0.15, 0.2) is 0 Å². The zero-order valence-corrected chi connectivity index (χ0v) is 4.07. The molecule has 1 fully saturated rings. The third-order valence-corrected chi connectivity index (χ3v) is 0.957. The van der Waals surface area contributed by atoms with Crippen molar-refractivity contribution in [2.75, 3.05) is 0 Å². The first-order valence-corrected chi connectivity index (χ1v) is 2.26. The molecule has 4 heteroatoms. The first-order chi connectivity index (χ1) is 3.70. The van der Waals surface area contributed by atoms with Crippen LogP contribution in [0.2, 0.25) is 0 Å². The van der Waals surface area contributed by atoms with E-state index in [-0.39, 0.29) is 6.42 Å². The number of hydrogen-bond acceptors (Lipinski definition) is 4. The van der Waals surface area contributed by atoms with Crippen LogP contribution in [-0.2, 0) is 9.53 Å². The summed E-state index contributed by atoms with van der Waals surface area (Å²) in [5.41, 5.74) is 0. The molecule has 0 aromatic heterocycles. The van der Waals surface area contributed by atoms with Crippen molar-refractivity contribution >= 4 is 5.97 Å². The summed E-state index contributed by atoms with van der Waals surface area (Å²) in [7, 11) is 0. The standard InChI is InChI=1S/C4H6O4/c5-2-1-3(6)8-4(2)7/h2,4-5,7H,1H2/t2?,4-/m0/s1. The lowest BCUT2D eigenvalue weighted by Gasteiger charge is -2.01. The highest BCUT2D eigenvalue weighted by Crippen LogP contribution is 2.10. The molecule has 0 amide bonds. The number of esters is 1. The molecule has 1 heterocycles. The molecule has 2 N–H and O–H groups in total. The Bertz CT molecular complexity index is 98.6. The molecule has 0 saturated carbocycles. The second-order valence-electron chi connectivity index (χ2n) is 1.65. The molecule has 1 aliphatic rings. The first-order valence-electron chi connectivity index (χ1n) is 2.26. The van der Waals surface area contributed by atoms with E-state index < -0.39 is 18.4 Å². The van der Waals surface area contributed by atoms with Crippen LogP contribution in [0.3, 0.4) is 0 Å². The fourth-order valence-electron chi connectivity index (χ4n) is 0.533. The second kappa shape index (κ2) is 1.72. The average molecular weight is 118 g/mol. The Labute approximate surface area is 45.7 Å². The lowest BCUT2D eigenvalue weighted by atomic mass is 10.3. The minimum Gasteiger partial charge on any atom is -0.433 e. The van der Waals surface area contributed by atoms with Gasteiger partial charge < -0.3 is 14.9 Å². The molecule has 8 heavy (non-hydrogen) atoms. The summed E-state index contributed by atoms with van der Waals surface area (Å²) in [4.78, 5) is 10.1. The number of rotatable bonds is 0. The fourth-order valence-corrected chi connectivity index (χ4v) is 0.533. The summed E-state index contributed by atoms with van der Waals surface area (Å²) in [5.74, 6) is -0.551. The zero-order chi connectivity index (χ0) is 6.15. The van der Waals surface area contributed by atoms with Crippen LogP contribution < -0.4 is 0 Å². The summed E-state index contributed by atoms with van der Waals surface area (Å²) in [6.45, 7) is 0. The number of hydrogen-bond donors (Lipinski definition) is 2. The van der Waals surface area contributed by atoms with E-state index in [1.54, 1.807) is 0 Å². The van der Waals surface area contributed by atoms with Gasteiger partial charge in [-0.1, -0.05) is 0 Å². The summed E-state index contributed by atoms with van der Waals surface area (Å²) in [5, 5.41) is 17.0. The molecule has 0 bridgehead atoms. The molecule has 4 nitrogen and oxygen atoms in total. The Morgan fingerprint density at radius 2 is 2.25 bits per heavy atom. The molecule has 0 radical (unpaired) electrons. The van der Waals surface area contributed by atoms with Gasteiger partial charge in [-0.15, -0.1) is 0 Å². The Hall–Kier alpha value is -0.610. The van der Waals surface area contributed by atoms with Crippen LogP contribution in [0.1, 0.15) is 6.42 Å². The maximum atomic E-state index is 10.1. The van der Waals surface area contributed by atoms with Crippen molar-refractivity contribution in [3.05, 3.63) is 0 Å². The lowest BCUT2D eigenvalue weighted by Crippen LogP contribution is -2.18. The summed E-state index contributed by atoms with van der Waals surface area (Å²) >= 11 is 0. The van der Waals surface area contributed by atoms with E-state index in [4.69, 9.17) is 10.2 Å². The molecule has 2 atom stereocenters. The number of ether oxygens (including phenoxy) is 1. The van der Waals surface area contributed by atoms with Gasteiger partial charge in [-0.3, -0.25) is 4.79 Å². The number of carbonyl (C=O) groups excluding carboxylic acids is 1. The van der Waals surface area contributed by atoms with Crippen molar-refractivity contribution in [1.82, 2.24) is 0 Å². The van der Waals surface area contributed by atoms with Gasteiger partial charge in [0.05, 0.1) is 6.42 Å². The minimum atomic E-state index is -1.30. The topological polar surface area (TPSA) is 66.8 Å². The summed E-state index contributed by atoms with van der Waals surface area (Å²) in [6.07, 6.45) is -2.42. The third-order valence-electron chi connectivity index (χ3n) is 0.957. The van der Waals surface area contributed by atoms with Gasteiger partial charge in [0.2, 0.25) is 6.29 Å². The summed E-state index contributed by atoms with van der Waals surface area (Å²) < 4.78 is 4.14. The van der Waals surface area contributed by atoms with Crippen molar-refractivity contribution in [1.29, 1.82) is 0 Å². The Morgan fingerprint density at radius 3 is 2.38 bits per heavy atom. The van der Waals surface area contributed by atoms with Gasteiger partial charge in [-0.25, -0.2) is 0 Å². The highest BCUT2D eigenvalue weighted by atomic mass is 16.7. The monoisotopic (exact) mass is 118 g/mol. The van der Waals surface area contributed by atoms with Crippen LogP contribution >= 0.6 is 0 Å². The van der Waals surface area contributed by atoms with Crippen LogP contribution in [0, 0.1) is 0 Å². The van der Waals surface area contributed by atoms with Crippen LogP contribution in [0.4, 0.5) is 0 Å². The Morgan fingerprint density at radius 1 is 1.62 bits per heavy atom. The quantitative estimate of drug-likeness (QED) is 0.384. The Kier molecular flexibility index (Phi) is 1.19. The largest absolute Gasteiger partial charge is 0.433 e. The number of carbonyl (C=O) groups is 1. The van der Waals surface area contributed by atoms with Gasteiger partial charge in [-0.2, -0.15) is 0 Å². The maximum Gasteiger partial charge on any atom is 0.311 e. The molecule has 1 unspecified atom stereocenters. The number of aliphatic hydroxyl groups is 2. The summed E-state index contributed by atoms with van der Waals surface area (Å²) in [6, 6.07) is 0. The van der Waals surface area contributed by atoms with Crippen molar-refractivity contribution < 1.29 is 19.7 Å². The van der Waals surface area contributed by atoms with Gasteiger partial charge in [0.15, 0.2) is 0 Å². The first kappa shape index (κ1) is 5.53. The van der Waals surface area contributed by atoms with E-state index in [9.17, 15) is 4.79 Å². The van der Waals surface area contributed by atoms with E-state index in [1.165, 1.54) is 0 Å². The van der Waals surface area contributed by atoms with Crippen molar-refractivity contribution in [3.63, 3.8) is 0 Å². The van der Waals surface area contributed by atoms with E-state index in [1.807, 2.05) is 0 Å². The molecule has 1 aliphatic heterocycles. The molecule has 0 aromatic carbocycles. The smallest absolute Gasteiger partial charge is 0.311 e. The van der Waals surface area contributed by atoms with E-state index in [0.717, 1.165) is 0 Å². The van der Waals surface area contributed by atoms with Gasteiger partial charge >= 0.3 is 5.97 Å². The van der Waals surface area contributed by atoms with Gasteiger partial charge in [0.25, 0.3) is 0 Å². The lowest BCUT2D eigenvalue weighted by molar-refractivity contribution is -0.159. The normalized spacial score (nSPS) is 37.5. The molecular formula is C4H6O4. The van der Waals surface area contributed by atoms with E-state index >= 15 is 0 Å². The van der Waals surface area contributed by atoms with Crippen molar-refractivity contribution in [3.8, 4) is 0 Å². The number of aliphatic hydroxyl groups excluding tert-OH is 2. The number of cyclic esters (lactones) is 1. The predicted octanol–water partition coefficient (Wildman–Crippen LogP) is -1.39. The van der Waals surface area contributed by atoms with E-state index in [2.05, 4.69) is 4.74 Å². The minimum absolute atomic E-state index is 0.0961. The van der Waals surface area contributed by atoms with E-state index in [0.29, 0.717) is 0 Å². The second-order valence-corrected chi connectivity index (χ2v) is 1.65. The van der Waals surface area contributed by atoms with Gasteiger partial charge in [0, 0.05) is 0 Å². The highest BCUT2D eigenvalue weighted by molar-refractivity contribution is 5.72. The Balaban J connectivity index is 2.51. The molecular weight excluding hydrogens is 112 g/mol. The predicted molar refractivity (Wildman–Crippen MR) is 22.7 cm³/mol. The average Bonchev–Trinajstić information content (AvgIpc) is 1.85. The van der Waals surface area contributed by atoms with Crippen LogP contribution in [0.25, 0.3) is 0 Å². The SMILES string of the molecule is O=C1CC(O)[C@@H](O)O1. The van der Waals surface area contributed by atoms with Crippen molar-refractivity contribution in [2.45, 2.75) is 18.8 Å². The zero-order valence-electron chi connectivity index (χ0n) is 4.07. The molecule has 1 rings (SSSR count). The van der Waals surface area contributed by atoms with Crippen LogP contribution in [-0.4, -0.2) is 28.6 Å². The third kappa shape index (κ3) is 0.801. The van der Waals surface area contributed by atoms with Crippen molar-refractivity contribution in [2.24, 2.45) is 0 Å². The molecule has 0 aliphatic carbocycles. The van der Waals surface area contributed by atoms with Gasteiger partial charge in [0.1, 0.15) is 6.10 Å². The molecule has 46 valence electrons. The molecule has 0 aromatic rings. The fraction of sp³-hybridized carbons (Fsp3) is 0.750.